The molecule has 0 spiro atoms. The summed E-state index contributed by atoms with van der Waals surface area (Å²) in [5.41, 5.74) is 2.65. The summed E-state index contributed by atoms with van der Waals surface area (Å²) in [5, 5.41) is 0. The Labute approximate surface area is 220 Å². The Morgan fingerprint density at radius 3 is 2.17 bits per heavy atom. The Bertz CT molecular complexity index is 834. The van der Waals surface area contributed by atoms with Crippen LogP contribution in [0.25, 0.3) is 0 Å². The van der Waals surface area contributed by atoms with Crippen LogP contribution in [0, 0.1) is 0 Å². The summed E-state index contributed by atoms with van der Waals surface area (Å²) in [5.74, 6) is 0.839. The van der Waals surface area contributed by atoms with Gasteiger partial charge in [-0.3, -0.25) is 4.79 Å². The molecule has 0 saturated carbocycles. The molecule has 2 aromatic carbocycles. The predicted molar refractivity (Wildman–Crippen MR) is 150 cm³/mol. The average molecular weight is 497 g/mol. The zero-order valence-corrected chi connectivity index (χ0v) is 23.2. The number of carbonyl (C=O) groups excluding carboxylic acids is 1. The van der Waals surface area contributed by atoms with E-state index in [-0.39, 0.29) is 5.97 Å². The van der Waals surface area contributed by atoms with E-state index in [0.717, 1.165) is 42.6 Å². The first-order chi connectivity index (χ1) is 17.5. The molecule has 0 amide bonds. The van der Waals surface area contributed by atoms with Gasteiger partial charge < -0.3 is 14.0 Å². The number of nitrogens with zero attached hydrogens (tertiary/aromatic N) is 1. The van der Waals surface area contributed by atoms with Crippen LogP contribution < -0.4 is 4.74 Å². The Hall–Kier alpha value is -2.33. The number of rotatable bonds is 20. The van der Waals surface area contributed by atoms with E-state index in [9.17, 15) is 4.79 Å². The zero-order valence-electron chi connectivity index (χ0n) is 23.2. The van der Waals surface area contributed by atoms with Crippen LogP contribution in [-0.2, 0) is 22.5 Å². The van der Waals surface area contributed by atoms with E-state index in [1.807, 2.05) is 12.1 Å². The fourth-order valence-corrected chi connectivity index (χ4v) is 4.46. The van der Waals surface area contributed by atoms with Crippen LogP contribution in [0.4, 0.5) is 0 Å². The van der Waals surface area contributed by atoms with Crippen molar-refractivity contribution in [2.24, 2.45) is 0 Å². The third kappa shape index (κ3) is 14.3. The highest BCUT2D eigenvalue weighted by atomic mass is 16.5. The van der Waals surface area contributed by atoms with Crippen molar-refractivity contribution in [3.05, 3.63) is 65.7 Å². The van der Waals surface area contributed by atoms with Crippen LogP contribution in [0.2, 0.25) is 0 Å². The van der Waals surface area contributed by atoms with Crippen molar-refractivity contribution >= 4 is 5.97 Å². The molecule has 0 aliphatic heterocycles. The number of aryl methyl sites for hydroxylation is 1. The molecule has 0 aromatic heterocycles. The van der Waals surface area contributed by atoms with Gasteiger partial charge in [-0.05, 0) is 43.4 Å². The minimum absolute atomic E-state index is 0.108. The number of ether oxygens (including phenoxy) is 2. The number of benzene rings is 2. The van der Waals surface area contributed by atoms with E-state index >= 15 is 0 Å². The van der Waals surface area contributed by atoms with Gasteiger partial charge >= 0.3 is 5.97 Å². The first-order valence-electron chi connectivity index (χ1n) is 14.2. The zero-order chi connectivity index (χ0) is 25.9. The maximum Gasteiger partial charge on any atom is 0.311 e. The van der Waals surface area contributed by atoms with E-state index in [4.69, 9.17) is 9.47 Å². The quantitative estimate of drug-likeness (QED) is 0.107. The lowest BCUT2D eigenvalue weighted by molar-refractivity contribution is -0.903. The molecule has 4 nitrogen and oxygen atoms in total. The smallest absolute Gasteiger partial charge is 0.311 e. The van der Waals surface area contributed by atoms with Crippen molar-refractivity contribution in [3.8, 4) is 5.75 Å². The molecule has 4 heteroatoms. The summed E-state index contributed by atoms with van der Waals surface area (Å²) in [6, 6.07) is 18.9. The van der Waals surface area contributed by atoms with E-state index in [1.165, 1.54) is 62.5 Å². The van der Waals surface area contributed by atoms with E-state index in [0.29, 0.717) is 19.6 Å². The topological polar surface area (TPSA) is 35.5 Å². The number of hydrogen-bond acceptors (Lipinski definition) is 3. The predicted octanol–water partition coefficient (Wildman–Crippen LogP) is 7.74. The van der Waals surface area contributed by atoms with Crippen LogP contribution in [0.1, 0.15) is 88.7 Å². The molecule has 0 atom stereocenters. The first-order valence-corrected chi connectivity index (χ1v) is 14.2. The van der Waals surface area contributed by atoms with Crippen LogP contribution in [0.15, 0.2) is 54.6 Å². The fraction of sp³-hybridized carbons (Fsp3) is 0.594. The molecule has 2 aromatic rings. The molecule has 0 unspecified atom stereocenters. The normalized spacial score (nSPS) is 11.4. The summed E-state index contributed by atoms with van der Waals surface area (Å²) in [6.45, 7) is 5.07. The number of hydrogen-bond donors (Lipinski definition) is 0. The van der Waals surface area contributed by atoms with Crippen LogP contribution in [0.3, 0.4) is 0 Å². The molecule has 0 fully saturated rings. The van der Waals surface area contributed by atoms with Crippen molar-refractivity contribution in [2.75, 3.05) is 33.9 Å². The van der Waals surface area contributed by atoms with Crippen molar-refractivity contribution in [2.45, 2.75) is 90.5 Å². The molecule has 0 aliphatic rings. The minimum atomic E-state index is -0.108. The van der Waals surface area contributed by atoms with E-state index in [1.54, 1.807) is 0 Å². The standard InChI is InChI=1S/C32H50NO3/c1-4-5-6-7-8-9-10-12-18-29-21-17-22-31(27-29)35-25-15-16-26-36-32(34)23-24-33(2,3)28-30-19-13-11-14-20-30/h11,13-14,17,19-22,27H,4-10,12,15-16,18,23-26,28H2,1-3H3/q+1. The summed E-state index contributed by atoms with van der Waals surface area (Å²) >= 11 is 0. The van der Waals surface area contributed by atoms with Gasteiger partial charge in [0, 0.05) is 5.56 Å². The van der Waals surface area contributed by atoms with Gasteiger partial charge in [-0.1, -0.05) is 94.3 Å². The van der Waals surface area contributed by atoms with Gasteiger partial charge in [0.25, 0.3) is 0 Å². The van der Waals surface area contributed by atoms with E-state index in [2.05, 4.69) is 63.5 Å². The number of carbonyl (C=O) groups is 1. The maximum atomic E-state index is 12.2. The molecule has 0 saturated heterocycles. The molecule has 2 rings (SSSR count). The van der Waals surface area contributed by atoms with Gasteiger partial charge in [0.05, 0.1) is 40.3 Å². The molecule has 0 aliphatic carbocycles. The molecule has 0 heterocycles. The van der Waals surface area contributed by atoms with Gasteiger partial charge in [-0.2, -0.15) is 0 Å². The summed E-state index contributed by atoms with van der Waals surface area (Å²) in [7, 11) is 4.31. The Morgan fingerprint density at radius 2 is 1.42 bits per heavy atom. The summed E-state index contributed by atoms with van der Waals surface area (Å²) in [4.78, 5) is 12.2. The van der Waals surface area contributed by atoms with Gasteiger partial charge in [0.15, 0.2) is 0 Å². The summed E-state index contributed by atoms with van der Waals surface area (Å²) < 4.78 is 12.2. The van der Waals surface area contributed by atoms with Gasteiger partial charge in [0.1, 0.15) is 12.3 Å². The second-order valence-corrected chi connectivity index (χ2v) is 10.7. The lowest BCUT2D eigenvalue weighted by atomic mass is 10.0. The largest absolute Gasteiger partial charge is 0.494 e. The van der Waals surface area contributed by atoms with Gasteiger partial charge in [0.2, 0.25) is 0 Å². The second-order valence-electron chi connectivity index (χ2n) is 10.7. The molecule has 200 valence electrons. The molecule has 0 N–H and O–H groups in total. The van der Waals surface area contributed by atoms with E-state index < -0.39 is 0 Å². The second kappa shape index (κ2) is 18.0. The van der Waals surface area contributed by atoms with Crippen LogP contribution in [0.5, 0.6) is 5.75 Å². The van der Waals surface area contributed by atoms with Crippen LogP contribution >= 0.6 is 0 Å². The Balaban J connectivity index is 1.50. The Kier molecular flexibility index (Phi) is 14.9. The maximum absolute atomic E-state index is 12.2. The van der Waals surface area contributed by atoms with Crippen molar-refractivity contribution in [1.29, 1.82) is 0 Å². The average Bonchev–Trinajstić information content (AvgIpc) is 2.87. The lowest BCUT2D eigenvalue weighted by Crippen LogP contribution is -2.40. The SMILES string of the molecule is CCCCCCCCCCc1cccc(OCCCCOC(=O)CC[N+](C)(C)Cc2ccccc2)c1. The molecular weight excluding hydrogens is 446 g/mol. The fourth-order valence-electron chi connectivity index (χ4n) is 4.46. The Morgan fingerprint density at radius 1 is 0.750 bits per heavy atom. The number of unbranched alkanes of at least 4 members (excludes halogenated alkanes) is 8. The van der Waals surface area contributed by atoms with Crippen molar-refractivity contribution in [1.82, 2.24) is 0 Å². The van der Waals surface area contributed by atoms with Gasteiger partial charge in [-0.15, -0.1) is 0 Å². The van der Waals surface area contributed by atoms with Crippen molar-refractivity contribution < 1.29 is 18.8 Å². The monoisotopic (exact) mass is 496 g/mol. The third-order valence-electron chi connectivity index (χ3n) is 6.66. The molecule has 0 bridgehead atoms. The summed E-state index contributed by atoms with van der Waals surface area (Å²) in [6.07, 6.45) is 14.1. The number of quaternary nitrogens is 1. The third-order valence-corrected chi connectivity index (χ3v) is 6.66. The highest BCUT2D eigenvalue weighted by molar-refractivity contribution is 5.69. The molecule has 0 radical (unpaired) electrons. The first kappa shape index (κ1) is 29.9. The minimum Gasteiger partial charge on any atom is -0.494 e. The molecule has 36 heavy (non-hydrogen) atoms. The van der Waals surface area contributed by atoms with Gasteiger partial charge in [-0.25, -0.2) is 0 Å². The van der Waals surface area contributed by atoms with Crippen LogP contribution in [-0.4, -0.2) is 44.3 Å². The molecular formula is C32H50NO3+. The number of esters is 1. The van der Waals surface area contributed by atoms with Crippen molar-refractivity contribution in [3.63, 3.8) is 0 Å². The lowest BCUT2D eigenvalue weighted by Gasteiger charge is -2.29. The highest BCUT2D eigenvalue weighted by Crippen LogP contribution is 2.17. The highest BCUT2D eigenvalue weighted by Gasteiger charge is 2.18.